The van der Waals surface area contributed by atoms with Crippen molar-refractivity contribution in [2.24, 2.45) is 0 Å². The summed E-state index contributed by atoms with van der Waals surface area (Å²) in [4.78, 5) is 0. The molecule has 0 heterocycles. The molecule has 0 bridgehead atoms. The van der Waals surface area contributed by atoms with Gasteiger partial charge in [-0.3, -0.25) is 0 Å². The van der Waals surface area contributed by atoms with Gasteiger partial charge in [-0.2, -0.15) is 0 Å². The molecule has 0 aromatic heterocycles. The highest BCUT2D eigenvalue weighted by Crippen LogP contribution is 2.19. The van der Waals surface area contributed by atoms with E-state index in [2.05, 4.69) is 18.7 Å². The molecular weight excluding hydrogens is 148 g/mol. The number of hydrogen-bond acceptors (Lipinski definition) is 1. The van der Waals surface area contributed by atoms with Crippen molar-refractivity contribution in [2.75, 3.05) is 7.11 Å². The first-order valence-electron chi connectivity index (χ1n) is 4.07. The first-order valence-corrected chi connectivity index (χ1v) is 4.07. The van der Waals surface area contributed by atoms with Gasteiger partial charge in [0, 0.05) is 7.11 Å². The smallest absolute Gasteiger partial charge is 0.0855 e. The molecule has 1 atom stereocenters. The first kappa shape index (κ1) is 9.01. The summed E-state index contributed by atoms with van der Waals surface area (Å²) >= 11 is 0. The van der Waals surface area contributed by atoms with Gasteiger partial charge in [0.1, 0.15) is 0 Å². The van der Waals surface area contributed by atoms with Crippen LogP contribution < -0.4 is 0 Å². The quantitative estimate of drug-likeness (QED) is 0.618. The van der Waals surface area contributed by atoms with E-state index in [9.17, 15) is 0 Å². The van der Waals surface area contributed by atoms with Crippen molar-refractivity contribution in [3.05, 3.63) is 48.6 Å². The van der Waals surface area contributed by atoms with E-state index in [0.717, 1.165) is 6.42 Å². The molecule has 0 spiro atoms. The minimum absolute atomic E-state index is 0.156. The fourth-order valence-corrected chi connectivity index (χ4v) is 1.19. The van der Waals surface area contributed by atoms with Crippen molar-refractivity contribution < 1.29 is 4.74 Å². The lowest BCUT2D eigenvalue weighted by atomic mass is 10.1. The van der Waals surface area contributed by atoms with E-state index in [1.54, 1.807) is 7.11 Å². The second-order valence-corrected chi connectivity index (χ2v) is 2.66. The highest BCUT2D eigenvalue weighted by atomic mass is 16.5. The standard InChI is InChI=1S/C11H14O/c1-3-7-11(12-2)10-8-5-4-6-9-10/h3-6,8-9,11H,1,7H2,2H3/t11-/m1/s1. The molecule has 0 saturated heterocycles. The Morgan fingerprint density at radius 2 is 2.08 bits per heavy atom. The molecular formula is C11H14O. The molecule has 1 nitrogen and oxygen atoms in total. The zero-order valence-corrected chi connectivity index (χ0v) is 7.36. The summed E-state index contributed by atoms with van der Waals surface area (Å²) < 4.78 is 5.31. The summed E-state index contributed by atoms with van der Waals surface area (Å²) in [6.45, 7) is 3.69. The van der Waals surface area contributed by atoms with Crippen molar-refractivity contribution in [3.8, 4) is 0 Å². The van der Waals surface area contributed by atoms with E-state index in [0.29, 0.717) is 0 Å². The Kier molecular flexibility index (Phi) is 3.55. The zero-order valence-electron chi connectivity index (χ0n) is 7.36. The van der Waals surface area contributed by atoms with E-state index in [4.69, 9.17) is 4.74 Å². The van der Waals surface area contributed by atoms with Crippen LogP contribution >= 0.6 is 0 Å². The monoisotopic (exact) mass is 162 g/mol. The van der Waals surface area contributed by atoms with Crippen LogP contribution in [0.5, 0.6) is 0 Å². The fourth-order valence-electron chi connectivity index (χ4n) is 1.19. The lowest BCUT2D eigenvalue weighted by Gasteiger charge is -2.12. The van der Waals surface area contributed by atoms with Gasteiger partial charge in [-0.05, 0) is 12.0 Å². The van der Waals surface area contributed by atoms with Crippen molar-refractivity contribution in [3.63, 3.8) is 0 Å². The minimum Gasteiger partial charge on any atom is -0.376 e. The van der Waals surface area contributed by atoms with Crippen LogP contribution in [0, 0.1) is 0 Å². The number of rotatable bonds is 4. The van der Waals surface area contributed by atoms with Crippen LogP contribution in [-0.4, -0.2) is 7.11 Å². The Balaban J connectivity index is 2.72. The van der Waals surface area contributed by atoms with E-state index in [1.807, 2.05) is 24.3 Å². The van der Waals surface area contributed by atoms with Crippen LogP contribution in [0.1, 0.15) is 18.1 Å². The Morgan fingerprint density at radius 1 is 1.42 bits per heavy atom. The fraction of sp³-hybridized carbons (Fsp3) is 0.273. The summed E-state index contributed by atoms with van der Waals surface area (Å²) in [5.41, 5.74) is 1.21. The average molecular weight is 162 g/mol. The van der Waals surface area contributed by atoms with Gasteiger partial charge in [-0.1, -0.05) is 36.4 Å². The van der Waals surface area contributed by atoms with Crippen LogP contribution in [-0.2, 0) is 4.74 Å². The van der Waals surface area contributed by atoms with Gasteiger partial charge in [0.2, 0.25) is 0 Å². The maximum absolute atomic E-state index is 5.31. The third-order valence-electron chi connectivity index (χ3n) is 1.84. The lowest BCUT2D eigenvalue weighted by molar-refractivity contribution is 0.106. The maximum atomic E-state index is 5.31. The van der Waals surface area contributed by atoms with Crippen LogP contribution in [0.2, 0.25) is 0 Å². The summed E-state index contributed by atoms with van der Waals surface area (Å²) in [6, 6.07) is 10.2. The molecule has 0 aliphatic carbocycles. The van der Waals surface area contributed by atoms with Crippen molar-refractivity contribution in [1.82, 2.24) is 0 Å². The average Bonchev–Trinajstić information content (AvgIpc) is 2.15. The van der Waals surface area contributed by atoms with Crippen LogP contribution in [0.4, 0.5) is 0 Å². The van der Waals surface area contributed by atoms with E-state index in [1.165, 1.54) is 5.56 Å². The normalized spacial score (nSPS) is 12.4. The topological polar surface area (TPSA) is 9.23 Å². The Labute approximate surface area is 73.7 Å². The summed E-state index contributed by atoms with van der Waals surface area (Å²) in [5, 5.41) is 0. The van der Waals surface area contributed by atoms with Gasteiger partial charge in [0.15, 0.2) is 0 Å². The third kappa shape index (κ3) is 2.21. The number of ether oxygens (including phenoxy) is 1. The number of methoxy groups -OCH3 is 1. The van der Waals surface area contributed by atoms with Crippen LogP contribution in [0.15, 0.2) is 43.0 Å². The molecule has 1 heteroatoms. The molecule has 64 valence electrons. The Morgan fingerprint density at radius 3 is 2.58 bits per heavy atom. The minimum atomic E-state index is 0.156. The predicted molar refractivity (Wildman–Crippen MR) is 51.0 cm³/mol. The van der Waals surface area contributed by atoms with Gasteiger partial charge >= 0.3 is 0 Å². The lowest BCUT2D eigenvalue weighted by Crippen LogP contribution is -1.99. The van der Waals surface area contributed by atoms with Gasteiger partial charge < -0.3 is 4.74 Å². The van der Waals surface area contributed by atoms with Gasteiger partial charge in [0.25, 0.3) is 0 Å². The molecule has 1 aromatic rings. The van der Waals surface area contributed by atoms with Crippen molar-refractivity contribution in [1.29, 1.82) is 0 Å². The zero-order chi connectivity index (χ0) is 8.81. The van der Waals surface area contributed by atoms with E-state index >= 15 is 0 Å². The largest absolute Gasteiger partial charge is 0.376 e. The molecule has 0 aliphatic rings. The van der Waals surface area contributed by atoms with Gasteiger partial charge in [-0.15, -0.1) is 6.58 Å². The van der Waals surface area contributed by atoms with Gasteiger partial charge in [0.05, 0.1) is 6.10 Å². The molecule has 0 N–H and O–H groups in total. The molecule has 0 saturated carbocycles. The summed E-state index contributed by atoms with van der Waals surface area (Å²) in [7, 11) is 1.72. The first-order chi connectivity index (χ1) is 5.88. The third-order valence-corrected chi connectivity index (χ3v) is 1.84. The molecule has 1 aromatic carbocycles. The Bertz CT molecular complexity index is 228. The second kappa shape index (κ2) is 4.73. The molecule has 0 amide bonds. The number of hydrogen-bond donors (Lipinski definition) is 0. The number of benzene rings is 1. The summed E-state index contributed by atoms with van der Waals surface area (Å²) in [6.07, 6.45) is 2.89. The van der Waals surface area contributed by atoms with E-state index in [-0.39, 0.29) is 6.10 Å². The maximum Gasteiger partial charge on any atom is 0.0855 e. The molecule has 0 aliphatic heterocycles. The molecule has 0 unspecified atom stereocenters. The highest BCUT2D eigenvalue weighted by Gasteiger charge is 2.05. The molecule has 1 rings (SSSR count). The SMILES string of the molecule is C=CC[C@@H](OC)c1ccccc1. The van der Waals surface area contributed by atoms with Crippen molar-refractivity contribution in [2.45, 2.75) is 12.5 Å². The van der Waals surface area contributed by atoms with Crippen LogP contribution in [0.3, 0.4) is 0 Å². The Hall–Kier alpha value is -1.08. The van der Waals surface area contributed by atoms with Gasteiger partial charge in [-0.25, -0.2) is 0 Å². The summed E-state index contributed by atoms with van der Waals surface area (Å²) in [5.74, 6) is 0. The molecule has 12 heavy (non-hydrogen) atoms. The second-order valence-electron chi connectivity index (χ2n) is 2.66. The molecule has 0 radical (unpaired) electrons. The van der Waals surface area contributed by atoms with Crippen LogP contribution in [0.25, 0.3) is 0 Å². The van der Waals surface area contributed by atoms with Crippen molar-refractivity contribution >= 4 is 0 Å². The molecule has 0 fully saturated rings. The van der Waals surface area contributed by atoms with E-state index < -0.39 is 0 Å². The highest BCUT2D eigenvalue weighted by molar-refractivity contribution is 5.18. The predicted octanol–water partition coefficient (Wildman–Crippen LogP) is 2.95.